The van der Waals surface area contributed by atoms with Gasteiger partial charge in [-0.25, -0.2) is 0 Å². The molecule has 2 aromatic carbocycles. The number of benzene rings is 2. The lowest BCUT2D eigenvalue weighted by molar-refractivity contribution is 0.102. The van der Waals surface area contributed by atoms with E-state index in [1.165, 1.54) is 31.5 Å². The number of likely N-dealkylation sites (tertiary alicyclic amines) is 1. The van der Waals surface area contributed by atoms with Crippen molar-refractivity contribution in [1.29, 1.82) is 0 Å². The van der Waals surface area contributed by atoms with Gasteiger partial charge in [0.15, 0.2) is 0 Å². The summed E-state index contributed by atoms with van der Waals surface area (Å²) in [6, 6.07) is 19.8. The second kappa shape index (κ2) is 8.44. The molecule has 1 saturated heterocycles. The minimum Gasteiger partial charge on any atom is -0.324 e. The Kier molecular flexibility index (Phi) is 5.58. The molecule has 0 unspecified atom stereocenters. The van der Waals surface area contributed by atoms with E-state index >= 15 is 0 Å². The van der Waals surface area contributed by atoms with Crippen molar-refractivity contribution in [2.75, 3.05) is 18.4 Å². The van der Waals surface area contributed by atoms with Gasteiger partial charge in [0.05, 0.1) is 0 Å². The van der Waals surface area contributed by atoms with Crippen LogP contribution in [-0.4, -0.2) is 28.5 Å². The minimum atomic E-state index is -0.0863. The Labute approximate surface area is 166 Å². The monoisotopic (exact) mass is 373 g/mol. The average Bonchev–Trinajstić information content (AvgIpc) is 3.26. The molecule has 1 N–H and O–H groups in total. The van der Waals surface area contributed by atoms with Gasteiger partial charge < -0.3 is 9.88 Å². The van der Waals surface area contributed by atoms with Crippen molar-refractivity contribution >= 4 is 11.6 Å². The summed E-state index contributed by atoms with van der Waals surface area (Å²) in [7, 11) is 0. The van der Waals surface area contributed by atoms with Crippen molar-refractivity contribution in [3.63, 3.8) is 0 Å². The number of aromatic nitrogens is 1. The molecule has 4 heteroatoms. The van der Waals surface area contributed by atoms with Crippen LogP contribution in [0.1, 0.15) is 35.7 Å². The number of piperidine rings is 1. The number of rotatable bonds is 5. The molecule has 0 bridgehead atoms. The van der Waals surface area contributed by atoms with Gasteiger partial charge in [-0.3, -0.25) is 9.69 Å². The predicted molar refractivity (Wildman–Crippen MR) is 114 cm³/mol. The highest BCUT2D eigenvalue weighted by Crippen LogP contribution is 2.19. The van der Waals surface area contributed by atoms with E-state index < -0.39 is 0 Å². The molecule has 1 amide bonds. The fourth-order valence-corrected chi connectivity index (χ4v) is 3.67. The molecule has 1 aliphatic rings. The van der Waals surface area contributed by atoms with E-state index in [-0.39, 0.29) is 5.91 Å². The smallest absolute Gasteiger partial charge is 0.255 e. The van der Waals surface area contributed by atoms with Crippen LogP contribution in [0, 0.1) is 5.92 Å². The molecule has 0 atom stereocenters. The fourth-order valence-electron chi connectivity index (χ4n) is 3.67. The van der Waals surface area contributed by atoms with E-state index in [0.717, 1.165) is 23.8 Å². The molecule has 0 saturated carbocycles. The third-order valence-electron chi connectivity index (χ3n) is 5.53. The SMILES string of the molecule is CC1CCN(Cc2ccc(NC(=O)c3ccc(-n4cccc4)cc3)cc2)CC1. The Hall–Kier alpha value is -2.85. The van der Waals surface area contributed by atoms with Crippen LogP contribution >= 0.6 is 0 Å². The van der Waals surface area contributed by atoms with Gasteiger partial charge >= 0.3 is 0 Å². The van der Waals surface area contributed by atoms with Crippen LogP contribution < -0.4 is 5.32 Å². The molecule has 2 heterocycles. The molecule has 4 nitrogen and oxygen atoms in total. The van der Waals surface area contributed by atoms with E-state index in [2.05, 4.69) is 29.3 Å². The number of hydrogen-bond donors (Lipinski definition) is 1. The molecule has 0 radical (unpaired) electrons. The third-order valence-corrected chi connectivity index (χ3v) is 5.53. The maximum absolute atomic E-state index is 12.5. The zero-order valence-corrected chi connectivity index (χ0v) is 16.3. The second-order valence-electron chi connectivity index (χ2n) is 7.75. The Morgan fingerprint density at radius 2 is 1.61 bits per heavy atom. The summed E-state index contributed by atoms with van der Waals surface area (Å²) < 4.78 is 2.02. The Morgan fingerprint density at radius 3 is 2.25 bits per heavy atom. The lowest BCUT2D eigenvalue weighted by Crippen LogP contribution is -2.32. The second-order valence-corrected chi connectivity index (χ2v) is 7.75. The molecular formula is C24H27N3O. The summed E-state index contributed by atoms with van der Waals surface area (Å²) in [5, 5.41) is 2.99. The zero-order chi connectivity index (χ0) is 19.3. The Bertz CT molecular complexity index is 890. The summed E-state index contributed by atoms with van der Waals surface area (Å²) >= 11 is 0. The number of nitrogens with one attached hydrogen (secondary N) is 1. The largest absolute Gasteiger partial charge is 0.324 e. The number of carbonyl (C=O) groups is 1. The van der Waals surface area contributed by atoms with Crippen LogP contribution in [0.25, 0.3) is 5.69 Å². The van der Waals surface area contributed by atoms with Crippen molar-refractivity contribution < 1.29 is 4.79 Å². The Morgan fingerprint density at radius 1 is 0.964 bits per heavy atom. The van der Waals surface area contributed by atoms with Crippen LogP contribution in [0.4, 0.5) is 5.69 Å². The van der Waals surface area contributed by atoms with E-state index in [9.17, 15) is 4.79 Å². The number of hydrogen-bond acceptors (Lipinski definition) is 2. The van der Waals surface area contributed by atoms with Gasteiger partial charge in [0, 0.05) is 35.9 Å². The molecular weight excluding hydrogens is 346 g/mol. The lowest BCUT2D eigenvalue weighted by atomic mass is 9.99. The summed E-state index contributed by atoms with van der Waals surface area (Å²) in [5.74, 6) is 0.767. The van der Waals surface area contributed by atoms with E-state index in [1.54, 1.807) is 0 Å². The number of carbonyl (C=O) groups excluding carboxylic acids is 1. The van der Waals surface area contributed by atoms with Gasteiger partial charge in [0.2, 0.25) is 0 Å². The molecule has 144 valence electrons. The molecule has 1 aromatic heterocycles. The quantitative estimate of drug-likeness (QED) is 0.686. The van der Waals surface area contributed by atoms with Crippen LogP contribution in [0.3, 0.4) is 0 Å². The molecule has 3 aromatic rings. The van der Waals surface area contributed by atoms with Gasteiger partial charge in [-0.15, -0.1) is 0 Å². The summed E-state index contributed by atoms with van der Waals surface area (Å²) in [5.41, 5.74) is 3.82. The molecule has 4 rings (SSSR count). The summed E-state index contributed by atoms with van der Waals surface area (Å²) in [4.78, 5) is 15.0. The van der Waals surface area contributed by atoms with E-state index in [4.69, 9.17) is 0 Å². The van der Waals surface area contributed by atoms with Crippen LogP contribution in [-0.2, 0) is 6.54 Å². The van der Waals surface area contributed by atoms with Gasteiger partial charge in [-0.05, 0) is 85.9 Å². The van der Waals surface area contributed by atoms with Gasteiger partial charge in [-0.1, -0.05) is 19.1 Å². The molecule has 1 fully saturated rings. The maximum Gasteiger partial charge on any atom is 0.255 e. The van der Waals surface area contributed by atoms with Gasteiger partial charge in [-0.2, -0.15) is 0 Å². The first-order valence-corrected chi connectivity index (χ1v) is 10.0. The molecule has 0 spiro atoms. The number of nitrogens with zero attached hydrogens (tertiary/aromatic N) is 2. The highest BCUT2D eigenvalue weighted by Gasteiger charge is 2.15. The average molecular weight is 374 g/mol. The van der Waals surface area contributed by atoms with Crippen LogP contribution in [0.5, 0.6) is 0 Å². The van der Waals surface area contributed by atoms with Gasteiger partial charge in [0.25, 0.3) is 5.91 Å². The Balaban J connectivity index is 1.34. The molecule has 0 aliphatic carbocycles. The van der Waals surface area contributed by atoms with Crippen LogP contribution in [0.2, 0.25) is 0 Å². The van der Waals surface area contributed by atoms with E-state index in [1.807, 2.05) is 65.5 Å². The van der Waals surface area contributed by atoms with Crippen LogP contribution in [0.15, 0.2) is 73.1 Å². The summed E-state index contributed by atoms with van der Waals surface area (Å²) in [6.07, 6.45) is 6.55. The first-order valence-electron chi connectivity index (χ1n) is 10.0. The van der Waals surface area contributed by atoms with Crippen molar-refractivity contribution in [1.82, 2.24) is 9.47 Å². The highest BCUT2D eigenvalue weighted by molar-refractivity contribution is 6.04. The maximum atomic E-state index is 12.5. The van der Waals surface area contributed by atoms with Crippen molar-refractivity contribution in [3.05, 3.63) is 84.2 Å². The molecule has 28 heavy (non-hydrogen) atoms. The molecule has 1 aliphatic heterocycles. The zero-order valence-electron chi connectivity index (χ0n) is 16.3. The standard InChI is InChI=1S/C24H27N3O/c1-19-12-16-26(17-13-19)18-20-4-8-22(9-5-20)25-24(28)21-6-10-23(11-7-21)27-14-2-3-15-27/h2-11,14-15,19H,12-13,16-18H2,1H3,(H,25,28). The lowest BCUT2D eigenvalue weighted by Gasteiger charge is -2.30. The van der Waals surface area contributed by atoms with Crippen molar-refractivity contribution in [3.8, 4) is 5.69 Å². The van der Waals surface area contributed by atoms with Gasteiger partial charge in [0.1, 0.15) is 0 Å². The number of amides is 1. The number of anilines is 1. The topological polar surface area (TPSA) is 37.3 Å². The normalized spacial score (nSPS) is 15.5. The summed E-state index contributed by atoms with van der Waals surface area (Å²) in [6.45, 7) is 5.68. The van der Waals surface area contributed by atoms with E-state index in [0.29, 0.717) is 5.56 Å². The van der Waals surface area contributed by atoms with Crippen molar-refractivity contribution in [2.24, 2.45) is 5.92 Å². The fraction of sp³-hybridized carbons (Fsp3) is 0.292. The van der Waals surface area contributed by atoms with Crippen molar-refractivity contribution in [2.45, 2.75) is 26.3 Å². The third kappa shape index (κ3) is 4.52. The first-order chi connectivity index (χ1) is 13.7. The predicted octanol–water partition coefficient (Wildman–Crippen LogP) is 4.96. The first kappa shape index (κ1) is 18.5. The minimum absolute atomic E-state index is 0.0863. The highest BCUT2D eigenvalue weighted by atomic mass is 16.1.